The van der Waals surface area contributed by atoms with Gasteiger partial charge in [-0.1, -0.05) is 6.07 Å². The Labute approximate surface area is 133 Å². The standard InChI is InChI=1S/C17H18BrNO2/c1-11-5-12(2)7-14(6-11)19-10-13-8-15(18)17-16(9-13)20-3-4-21-17/h5-9,19H,3-4,10H2,1-2H3. The van der Waals surface area contributed by atoms with Crippen LogP contribution in [0.4, 0.5) is 5.69 Å². The van der Waals surface area contributed by atoms with Gasteiger partial charge in [0.25, 0.3) is 0 Å². The van der Waals surface area contributed by atoms with E-state index in [2.05, 4.69) is 59.4 Å². The zero-order valence-electron chi connectivity index (χ0n) is 12.2. The predicted octanol–water partition coefficient (Wildman–Crippen LogP) is 4.45. The van der Waals surface area contributed by atoms with E-state index in [0.29, 0.717) is 13.2 Å². The van der Waals surface area contributed by atoms with Crippen molar-refractivity contribution in [3.05, 3.63) is 51.5 Å². The van der Waals surface area contributed by atoms with Gasteiger partial charge in [0, 0.05) is 12.2 Å². The van der Waals surface area contributed by atoms with E-state index >= 15 is 0 Å². The lowest BCUT2D eigenvalue weighted by Gasteiger charge is -2.20. The normalized spacial score (nSPS) is 13.1. The highest BCUT2D eigenvalue weighted by Gasteiger charge is 2.16. The largest absolute Gasteiger partial charge is 0.486 e. The van der Waals surface area contributed by atoms with Crippen LogP contribution in [0.2, 0.25) is 0 Å². The third-order valence-electron chi connectivity index (χ3n) is 3.37. The van der Waals surface area contributed by atoms with E-state index < -0.39 is 0 Å². The third kappa shape index (κ3) is 3.32. The molecule has 1 N–H and O–H groups in total. The maximum Gasteiger partial charge on any atom is 0.175 e. The van der Waals surface area contributed by atoms with Gasteiger partial charge >= 0.3 is 0 Å². The lowest BCUT2D eigenvalue weighted by atomic mass is 10.1. The monoisotopic (exact) mass is 347 g/mol. The smallest absolute Gasteiger partial charge is 0.175 e. The summed E-state index contributed by atoms with van der Waals surface area (Å²) in [5.74, 6) is 1.62. The number of rotatable bonds is 3. The van der Waals surface area contributed by atoms with Crippen LogP contribution in [-0.4, -0.2) is 13.2 Å². The molecule has 0 aliphatic carbocycles. The van der Waals surface area contributed by atoms with E-state index in [0.717, 1.165) is 33.8 Å². The van der Waals surface area contributed by atoms with Crippen LogP contribution in [0.15, 0.2) is 34.8 Å². The maximum absolute atomic E-state index is 5.65. The fourth-order valence-corrected chi connectivity index (χ4v) is 3.15. The molecule has 2 aromatic carbocycles. The molecule has 0 saturated heterocycles. The summed E-state index contributed by atoms with van der Waals surface area (Å²) in [4.78, 5) is 0. The topological polar surface area (TPSA) is 30.5 Å². The number of benzene rings is 2. The summed E-state index contributed by atoms with van der Waals surface area (Å²) < 4.78 is 12.2. The molecular weight excluding hydrogens is 330 g/mol. The summed E-state index contributed by atoms with van der Waals surface area (Å²) >= 11 is 3.55. The molecule has 4 heteroatoms. The highest BCUT2D eigenvalue weighted by atomic mass is 79.9. The molecule has 0 atom stereocenters. The number of anilines is 1. The molecule has 3 nitrogen and oxygen atoms in total. The van der Waals surface area contributed by atoms with Crippen molar-refractivity contribution in [2.75, 3.05) is 18.5 Å². The van der Waals surface area contributed by atoms with Crippen molar-refractivity contribution in [1.82, 2.24) is 0 Å². The Morgan fingerprint density at radius 3 is 2.48 bits per heavy atom. The Kier molecular flexibility index (Phi) is 4.06. The number of nitrogens with one attached hydrogen (secondary N) is 1. The zero-order valence-corrected chi connectivity index (χ0v) is 13.8. The second-order valence-electron chi connectivity index (χ2n) is 5.33. The molecule has 110 valence electrons. The molecule has 1 aliphatic rings. The number of aryl methyl sites for hydroxylation is 2. The molecule has 0 aromatic heterocycles. The van der Waals surface area contributed by atoms with Crippen molar-refractivity contribution < 1.29 is 9.47 Å². The van der Waals surface area contributed by atoms with Crippen molar-refractivity contribution >= 4 is 21.6 Å². The van der Waals surface area contributed by atoms with Crippen molar-refractivity contribution in [1.29, 1.82) is 0 Å². The Balaban J connectivity index is 1.77. The van der Waals surface area contributed by atoms with Crippen LogP contribution in [0.1, 0.15) is 16.7 Å². The van der Waals surface area contributed by atoms with Gasteiger partial charge in [0.15, 0.2) is 11.5 Å². The van der Waals surface area contributed by atoms with E-state index in [-0.39, 0.29) is 0 Å². The van der Waals surface area contributed by atoms with Gasteiger partial charge in [0.2, 0.25) is 0 Å². The second kappa shape index (κ2) is 5.98. The Bertz CT molecular complexity index is 650. The first-order valence-corrected chi connectivity index (χ1v) is 7.81. The molecule has 21 heavy (non-hydrogen) atoms. The number of hydrogen-bond donors (Lipinski definition) is 1. The molecular formula is C17H18BrNO2. The van der Waals surface area contributed by atoms with E-state index in [4.69, 9.17) is 9.47 Å². The predicted molar refractivity (Wildman–Crippen MR) is 88.4 cm³/mol. The quantitative estimate of drug-likeness (QED) is 0.889. The van der Waals surface area contributed by atoms with Gasteiger partial charge in [-0.2, -0.15) is 0 Å². The first-order chi connectivity index (χ1) is 10.1. The molecule has 0 bridgehead atoms. The molecule has 3 rings (SSSR count). The van der Waals surface area contributed by atoms with Crippen LogP contribution in [0, 0.1) is 13.8 Å². The summed E-state index contributed by atoms with van der Waals surface area (Å²) in [6.07, 6.45) is 0. The number of halogens is 1. The van der Waals surface area contributed by atoms with E-state index in [1.54, 1.807) is 0 Å². The van der Waals surface area contributed by atoms with E-state index in [1.165, 1.54) is 11.1 Å². The van der Waals surface area contributed by atoms with Gasteiger partial charge in [0.1, 0.15) is 13.2 Å². The molecule has 0 amide bonds. The zero-order chi connectivity index (χ0) is 14.8. The Morgan fingerprint density at radius 2 is 1.71 bits per heavy atom. The van der Waals surface area contributed by atoms with Crippen molar-refractivity contribution in [3.8, 4) is 11.5 Å². The minimum Gasteiger partial charge on any atom is -0.486 e. The van der Waals surface area contributed by atoms with Crippen LogP contribution in [0.25, 0.3) is 0 Å². The Morgan fingerprint density at radius 1 is 1.00 bits per heavy atom. The molecule has 2 aromatic rings. The van der Waals surface area contributed by atoms with Gasteiger partial charge < -0.3 is 14.8 Å². The molecule has 0 unspecified atom stereocenters. The van der Waals surface area contributed by atoms with Crippen LogP contribution >= 0.6 is 15.9 Å². The van der Waals surface area contributed by atoms with Crippen LogP contribution in [0.3, 0.4) is 0 Å². The van der Waals surface area contributed by atoms with Crippen molar-refractivity contribution in [2.45, 2.75) is 20.4 Å². The SMILES string of the molecule is Cc1cc(C)cc(NCc2cc(Br)c3c(c2)OCCO3)c1. The van der Waals surface area contributed by atoms with Gasteiger partial charge in [-0.15, -0.1) is 0 Å². The van der Waals surface area contributed by atoms with Gasteiger partial charge in [0.05, 0.1) is 4.47 Å². The summed E-state index contributed by atoms with van der Waals surface area (Å²) in [5.41, 5.74) is 4.82. The molecule has 1 heterocycles. The molecule has 0 saturated carbocycles. The van der Waals surface area contributed by atoms with Crippen LogP contribution < -0.4 is 14.8 Å². The number of fused-ring (bicyclic) bond motifs is 1. The average molecular weight is 348 g/mol. The summed E-state index contributed by atoms with van der Waals surface area (Å²) in [6, 6.07) is 10.6. The summed E-state index contributed by atoms with van der Waals surface area (Å²) in [5, 5.41) is 3.46. The highest BCUT2D eigenvalue weighted by molar-refractivity contribution is 9.10. The van der Waals surface area contributed by atoms with Crippen molar-refractivity contribution in [2.24, 2.45) is 0 Å². The minimum atomic E-state index is 0.603. The Hall–Kier alpha value is -1.68. The fourth-order valence-electron chi connectivity index (χ4n) is 2.55. The number of ether oxygens (including phenoxy) is 2. The molecule has 1 aliphatic heterocycles. The fraction of sp³-hybridized carbons (Fsp3) is 0.294. The first-order valence-electron chi connectivity index (χ1n) is 7.02. The number of hydrogen-bond acceptors (Lipinski definition) is 3. The minimum absolute atomic E-state index is 0.603. The van der Waals surface area contributed by atoms with Gasteiger partial charge in [-0.05, 0) is 70.7 Å². The molecule has 0 spiro atoms. The highest BCUT2D eigenvalue weighted by Crippen LogP contribution is 2.38. The van der Waals surface area contributed by atoms with Gasteiger partial charge in [-0.3, -0.25) is 0 Å². The lowest BCUT2D eigenvalue weighted by Crippen LogP contribution is -2.16. The average Bonchev–Trinajstić information content (AvgIpc) is 2.44. The van der Waals surface area contributed by atoms with Gasteiger partial charge in [-0.25, -0.2) is 0 Å². The first kappa shape index (κ1) is 14.3. The summed E-state index contributed by atoms with van der Waals surface area (Å²) in [6.45, 7) is 6.18. The maximum atomic E-state index is 5.65. The summed E-state index contributed by atoms with van der Waals surface area (Å²) in [7, 11) is 0. The third-order valence-corrected chi connectivity index (χ3v) is 3.96. The van der Waals surface area contributed by atoms with Crippen molar-refractivity contribution in [3.63, 3.8) is 0 Å². The van der Waals surface area contributed by atoms with Crippen LogP contribution in [-0.2, 0) is 6.54 Å². The molecule has 0 fully saturated rings. The van der Waals surface area contributed by atoms with Crippen LogP contribution in [0.5, 0.6) is 11.5 Å². The van der Waals surface area contributed by atoms with E-state index in [1.807, 2.05) is 6.07 Å². The van der Waals surface area contributed by atoms with E-state index in [9.17, 15) is 0 Å². The molecule has 0 radical (unpaired) electrons. The lowest BCUT2D eigenvalue weighted by molar-refractivity contribution is 0.170. The second-order valence-corrected chi connectivity index (χ2v) is 6.19.